The van der Waals surface area contributed by atoms with E-state index in [-0.39, 0.29) is 24.0 Å². The fourth-order valence-electron chi connectivity index (χ4n) is 4.34. The number of rotatable bonds is 5. The summed E-state index contributed by atoms with van der Waals surface area (Å²) in [5.74, 6) is 4.27. The van der Waals surface area contributed by atoms with Gasteiger partial charge < -0.3 is 15.4 Å². The van der Waals surface area contributed by atoms with Crippen molar-refractivity contribution in [3.05, 3.63) is 0 Å². The monoisotopic (exact) mass is 482 g/mol. The first-order valence-corrected chi connectivity index (χ1v) is 10.8. The number of hydrogen-bond donors (Lipinski definition) is 2. The third-order valence-corrected chi connectivity index (χ3v) is 6.87. The summed E-state index contributed by atoms with van der Waals surface area (Å²) in [5, 5.41) is 7.19. The molecule has 0 atom stereocenters. The molecule has 0 spiro atoms. The Balaban J connectivity index is 0.00000225. The van der Waals surface area contributed by atoms with Crippen molar-refractivity contribution >= 4 is 41.7 Å². The minimum Gasteiger partial charge on any atom is -0.381 e. The molecule has 2 heterocycles. The number of nitrogens with zero attached hydrogens (tertiary/aromatic N) is 2. The van der Waals surface area contributed by atoms with E-state index in [4.69, 9.17) is 4.74 Å². The van der Waals surface area contributed by atoms with Crippen molar-refractivity contribution in [3.8, 4) is 0 Å². The molecule has 2 aliphatic heterocycles. The summed E-state index contributed by atoms with van der Waals surface area (Å²) < 4.78 is 5.45. The Morgan fingerprint density at radius 2 is 1.84 bits per heavy atom. The van der Waals surface area contributed by atoms with Crippen LogP contribution in [0.15, 0.2) is 4.99 Å². The topological polar surface area (TPSA) is 48.9 Å². The number of thioether (sulfide) groups is 1. The molecule has 2 N–H and O–H groups in total. The molecular formula is C18H35IN4OS. The maximum Gasteiger partial charge on any atom is 0.191 e. The quantitative estimate of drug-likeness (QED) is 0.359. The summed E-state index contributed by atoms with van der Waals surface area (Å²) in [7, 11) is 1.89. The van der Waals surface area contributed by atoms with E-state index in [0.29, 0.717) is 5.54 Å². The van der Waals surface area contributed by atoms with Crippen molar-refractivity contribution in [3.63, 3.8) is 0 Å². The first-order valence-electron chi connectivity index (χ1n) is 9.67. The van der Waals surface area contributed by atoms with Crippen LogP contribution < -0.4 is 10.6 Å². The third-order valence-electron chi connectivity index (χ3n) is 5.92. The molecule has 3 aliphatic rings. The van der Waals surface area contributed by atoms with E-state index < -0.39 is 0 Å². The van der Waals surface area contributed by atoms with Gasteiger partial charge in [-0.15, -0.1) is 24.0 Å². The first kappa shape index (κ1) is 21.6. The van der Waals surface area contributed by atoms with Crippen LogP contribution in [0.5, 0.6) is 0 Å². The summed E-state index contributed by atoms with van der Waals surface area (Å²) >= 11 is 2.10. The highest BCUT2D eigenvalue weighted by atomic mass is 127. The van der Waals surface area contributed by atoms with Crippen molar-refractivity contribution in [1.82, 2.24) is 15.5 Å². The lowest BCUT2D eigenvalue weighted by atomic mass is 9.94. The van der Waals surface area contributed by atoms with Crippen molar-refractivity contribution in [2.75, 3.05) is 57.9 Å². The summed E-state index contributed by atoms with van der Waals surface area (Å²) in [6, 6.07) is 0. The Kier molecular flexibility index (Phi) is 9.65. The maximum absolute atomic E-state index is 5.45. The van der Waals surface area contributed by atoms with Crippen molar-refractivity contribution < 1.29 is 4.74 Å². The van der Waals surface area contributed by atoms with Gasteiger partial charge in [0.05, 0.1) is 0 Å². The van der Waals surface area contributed by atoms with Gasteiger partial charge in [0.1, 0.15) is 0 Å². The van der Waals surface area contributed by atoms with Gasteiger partial charge in [-0.05, 0) is 31.6 Å². The lowest BCUT2D eigenvalue weighted by Gasteiger charge is -2.43. The van der Waals surface area contributed by atoms with Crippen molar-refractivity contribution in [2.24, 2.45) is 10.9 Å². The van der Waals surface area contributed by atoms with Gasteiger partial charge in [-0.3, -0.25) is 9.89 Å². The maximum atomic E-state index is 5.45. The van der Waals surface area contributed by atoms with E-state index in [9.17, 15) is 0 Å². The van der Waals surface area contributed by atoms with Crippen LogP contribution in [0.4, 0.5) is 0 Å². The molecule has 0 amide bonds. The fraction of sp³-hybridized carbons (Fsp3) is 0.944. The second-order valence-corrected chi connectivity index (χ2v) is 8.62. The van der Waals surface area contributed by atoms with Crippen LogP contribution in [0.25, 0.3) is 0 Å². The molecule has 0 unspecified atom stereocenters. The van der Waals surface area contributed by atoms with Crippen molar-refractivity contribution in [2.45, 2.75) is 44.1 Å². The number of guanidine groups is 1. The number of hydrogen-bond acceptors (Lipinski definition) is 4. The molecule has 3 fully saturated rings. The van der Waals surface area contributed by atoms with E-state index in [0.717, 1.165) is 38.2 Å². The molecule has 2 saturated heterocycles. The molecule has 1 aliphatic carbocycles. The Bertz CT molecular complexity index is 406. The Labute approximate surface area is 174 Å². The Morgan fingerprint density at radius 1 is 1.16 bits per heavy atom. The van der Waals surface area contributed by atoms with Crippen LogP contribution in [0.2, 0.25) is 0 Å². The highest BCUT2D eigenvalue weighted by Gasteiger charge is 2.39. The van der Waals surface area contributed by atoms with E-state index in [1.54, 1.807) is 0 Å². The zero-order valence-electron chi connectivity index (χ0n) is 15.6. The highest BCUT2D eigenvalue weighted by molar-refractivity contribution is 14.0. The Hall–Kier alpha value is 0.270. The molecule has 7 heteroatoms. The van der Waals surface area contributed by atoms with E-state index in [1.165, 1.54) is 63.1 Å². The molecule has 0 radical (unpaired) electrons. The summed E-state index contributed by atoms with van der Waals surface area (Å²) in [5.41, 5.74) is 0.358. The lowest BCUT2D eigenvalue weighted by Crippen LogP contribution is -2.57. The summed E-state index contributed by atoms with van der Waals surface area (Å²) in [6.45, 7) is 6.37. The molecule has 25 heavy (non-hydrogen) atoms. The van der Waals surface area contributed by atoms with Crippen LogP contribution in [0.1, 0.15) is 38.5 Å². The minimum absolute atomic E-state index is 0. The predicted octanol–water partition coefficient (Wildman–Crippen LogP) is 2.56. The van der Waals surface area contributed by atoms with Gasteiger partial charge in [-0.2, -0.15) is 11.8 Å². The van der Waals surface area contributed by atoms with Crippen molar-refractivity contribution in [1.29, 1.82) is 0 Å². The lowest BCUT2D eigenvalue weighted by molar-refractivity contribution is 0.0675. The zero-order chi connectivity index (χ0) is 16.7. The second-order valence-electron chi connectivity index (χ2n) is 7.39. The van der Waals surface area contributed by atoms with Crippen LogP contribution in [0, 0.1) is 5.92 Å². The number of halogens is 1. The summed E-state index contributed by atoms with van der Waals surface area (Å²) in [6.07, 6.45) is 7.75. The number of ether oxygens (including phenoxy) is 1. The van der Waals surface area contributed by atoms with Gasteiger partial charge in [0.15, 0.2) is 5.96 Å². The molecule has 0 aromatic carbocycles. The molecule has 5 nitrogen and oxygen atoms in total. The van der Waals surface area contributed by atoms with E-state index >= 15 is 0 Å². The normalized spacial score (nSPS) is 25.4. The van der Waals surface area contributed by atoms with Crippen LogP contribution in [-0.4, -0.2) is 74.3 Å². The fourth-order valence-corrected chi connectivity index (χ4v) is 5.24. The number of aliphatic imine (C=N–C) groups is 1. The largest absolute Gasteiger partial charge is 0.381 e. The van der Waals surface area contributed by atoms with Crippen LogP contribution in [-0.2, 0) is 4.74 Å². The van der Waals surface area contributed by atoms with Gasteiger partial charge in [0.25, 0.3) is 0 Å². The van der Waals surface area contributed by atoms with Gasteiger partial charge in [-0.1, -0.05) is 12.8 Å². The molecule has 0 aromatic rings. The molecule has 0 aromatic heterocycles. The van der Waals surface area contributed by atoms with Gasteiger partial charge in [0, 0.05) is 63.5 Å². The van der Waals surface area contributed by atoms with Gasteiger partial charge >= 0.3 is 0 Å². The van der Waals surface area contributed by atoms with Crippen LogP contribution >= 0.6 is 35.7 Å². The average molecular weight is 482 g/mol. The molecular weight excluding hydrogens is 447 g/mol. The second kappa shape index (κ2) is 11.2. The van der Waals surface area contributed by atoms with Crippen LogP contribution in [0.3, 0.4) is 0 Å². The first-order chi connectivity index (χ1) is 11.8. The predicted molar refractivity (Wildman–Crippen MR) is 118 cm³/mol. The smallest absolute Gasteiger partial charge is 0.191 e. The van der Waals surface area contributed by atoms with E-state index in [1.807, 2.05) is 7.05 Å². The van der Waals surface area contributed by atoms with E-state index in [2.05, 4.69) is 32.3 Å². The zero-order valence-corrected chi connectivity index (χ0v) is 18.7. The summed E-state index contributed by atoms with van der Waals surface area (Å²) in [4.78, 5) is 7.21. The highest BCUT2D eigenvalue weighted by Crippen LogP contribution is 2.36. The minimum atomic E-state index is 0. The molecule has 1 saturated carbocycles. The molecule has 0 bridgehead atoms. The Morgan fingerprint density at radius 3 is 2.48 bits per heavy atom. The third kappa shape index (κ3) is 6.14. The molecule has 146 valence electrons. The standard InChI is InChI=1S/C18H34N4OS.HI/c1-19-17(20-14-16-4-10-23-11-5-16)21-15-18(6-2-3-7-18)22-8-12-24-13-9-22;/h16H,2-15H2,1H3,(H2,19,20,21);1H. The molecule has 3 rings (SSSR count). The van der Waals surface area contributed by atoms with Gasteiger partial charge in [-0.25, -0.2) is 0 Å². The van der Waals surface area contributed by atoms with Gasteiger partial charge in [0.2, 0.25) is 0 Å². The number of nitrogens with one attached hydrogen (secondary N) is 2. The SMILES string of the molecule is CN=C(NCC1CCOCC1)NCC1(N2CCSCC2)CCCC1.I. The average Bonchev–Trinajstić information content (AvgIpc) is 3.14.